The molecule has 13 nitrogen and oxygen atoms in total. The van der Waals surface area contributed by atoms with Crippen molar-refractivity contribution < 1.29 is 4.79 Å². The van der Waals surface area contributed by atoms with Crippen molar-refractivity contribution in [1.82, 2.24) is 35.1 Å². The number of likely N-dealkylation sites (tertiary alicyclic amines) is 1. The molecule has 1 aliphatic heterocycles. The molecule has 236 valence electrons. The minimum atomic E-state index is -0.105. The number of nitrogens with zero attached hydrogens (tertiary/aromatic N) is 5. The number of benzene rings is 1. The van der Waals surface area contributed by atoms with Gasteiger partial charge in [-0.3, -0.25) is 19.5 Å². The molecule has 4 heterocycles. The molecule has 2 fully saturated rings. The number of anilines is 2. The number of aromatic amines is 2. The summed E-state index contributed by atoms with van der Waals surface area (Å²) in [7, 11) is 1.82. The average Bonchev–Trinajstić information content (AvgIpc) is 3.67. The number of aliphatic imine (C=N–C) groups is 1. The Morgan fingerprint density at radius 2 is 1.98 bits per heavy atom. The van der Waals surface area contributed by atoms with Gasteiger partial charge in [0.15, 0.2) is 0 Å². The highest BCUT2D eigenvalue weighted by Crippen LogP contribution is 2.33. The number of carbonyl (C=O) groups is 1. The van der Waals surface area contributed by atoms with Crippen LogP contribution in [0, 0.1) is 6.92 Å². The van der Waals surface area contributed by atoms with Crippen LogP contribution in [0.3, 0.4) is 0 Å². The minimum absolute atomic E-state index is 0.00391. The molecule has 1 saturated carbocycles. The van der Waals surface area contributed by atoms with Gasteiger partial charge in [0.05, 0.1) is 23.4 Å². The second-order valence-corrected chi connectivity index (χ2v) is 11.3. The first-order valence-corrected chi connectivity index (χ1v) is 15.3. The second kappa shape index (κ2) is 14.6. The Morgan fingerprint density at radius 3 is 2.69 bits per heavy atom. The molecule has 13 heteroatoms. The van der Waals surface area contributed by atoms with Gasteiger partial charge < -0.3 is 26.7 Å². The van der Waals surface area contributed by atoms with Crippen LogP contribution < -0.4 is 27.2 Å². The highest BCUT2D eigenvalue weighted by atomic mass is 16.2. The van der Waals surface area contributed by atoms with Gasteiger partial charge >= 0.3 is 0 Å². The smallest absolute Gasteiger partial charge is 0.252 e. The van der Waals surface area contributed by atoms with Crippen molar-refractivity contribution in [1.29, 1.82) is 0 Å². The molecule has 4 aromatic rings. The number of aromatic nitrogens is 5. The van der Waals surface area contributed by atoms with E-state index in [0.29, 0.717) is 24.4 Å². The van der Waals surface area contributed by atoms with Crippen molar-refractivity contribution in [2.75, 3.05) is 37.3 Å². The van der Waals surface area contributed by atoms with E-state index < -0.39 is 0 Å². The SMILES string of the molecule is CN/C(C)=C\C(N)=N/c1ncc(C)c(-c2c[nH]c3c(NC(=O)CN4CCCC4)cccc23)n1.O=c1ccnc(NC2CCC2)[nH]1. The van der Waals surface area contributed by atoms with Crippen molar-refractivity contribution in [3.05, 3.63) is 70.5 Å². The van der Waals surface area contributed by atoms with Crippen LogP contribution in [0.15, 0.2) is 64.4 Å². The number of amidine groups is 1. The number of fused-ring (bicyclic) bond motifs is 1. The normalized spacial score (nSPS) is 15.7. The molecule has 1 aromatic carbocycles. The quantitative estimate of drug-likeness (QED) is 0.121. The van der Waals surface area contributed by atoms with Crippen LogP contribution in [-0.2, 0) is 4.79 Å². The van der Waals surface area contributed by atoms with Crippen LogP contribution in [0.2, 0.25) is 0 Å². The summed E-state index contributed by atoms with van der Waals surface area (Å²) < 4.78 is 0. The third-order valence-electron chi connectivity index (χ3n) is 7.87. The van der Waals surface area contributed by atoms with Crippen LogP contribution in [-0.4, -0.2) is 74.3 Å². The van der Waals surface area contributed by atoms with Crippen molar-refractivity contribution in [2.45, 2.75) is 52.0 Å². The molecule has 0 bridgehead atoms. The maximum Gasteiger partial charge on any atom is 0.252 e. The Bertz CT molecular complexity index is 1750. The number of hydrogen-bond acceptors (Lipinski definition) is 9. The number of allylic oxidation sites excluding steroid dienone is 1. The second-order valence-electron chi connectivity index (χ2n) is 11.3. The number of rotatable bonds is 9. The number of carbonyl (C=O) groups excluding carboxylic acids is 1. The van der Waals surface area contributed by atoms with E-state index in [1.807, 2.05) is 45.3 Å². The highest BCUT2D eigenvalue weighted by Gasteiger charge is 2.18. The van der Waals surface area contributed by atoms with E-state index in [1.165, 1.54) is 31.5 Å². The van der Waals surface area contributed by atoms with Crippen molar-refractivity contribution in [3.8, 4) is 11.3 Å². The van der Waals surface area contributed by atoms with Gasteiger partial charge in [-0.15, -0.1) is 0 Å². The predicted molar refractivity (Wildman–Crippen MR) is 179 cm³/mol. The summed E-state index contributed by atoms with van der Waals surface area (Å²) in [5, 5.41) is 10.2. The molecule has 0 spiro atoms. The number of H-pyrrole nitrogens is 2. The first-order chi connectivity index (χ1) is 21.8. The lowest BCUT2D eigenvalue weighted by Gasteiger charge is -2.26. The van der Waals surface area contributed by atoms with Crippen LogP contribution in [0.5, 0.6) is 0 Å². The molecule has 0 unspecified atom stereocenters. The van der Waals surface area contributed by atoms with E-state index in [-0.39, 0.29) is 17.4 Å². The Morgan fingerprint density at radius 1 is 1.18 bits per heavy atom. The summed E-state index contributed by atoms with van der Waals surface area (Å²) in [6.45, 7) is 6.24. The molecule has 1 amide bonds. The zero-order valence-electron chi connectivity index (χ0n) is 26.0. The zero-order chi connectivity index (χ0) is 31.8. The third-order valence-corrected chi connectivity index (χ3v) is 7.87. The number of nitrogens with one attached hydrogen (secondary N) is 5. The lowest BCUT2D eigenvalue weighted by molar-refractivity contribution is -0.117. The van der Waals surface area contributed by atoms with Gasteiger partial charge in [-0.05, 0) is 76.7 Å². The number of nitrogens with two attached hydrogens (primary N) is 1. The lowest BCUT2D eigenvalue weighted by atomic mass is 9.93. The minimum Gasteiger partial charge on any atom is -0.392 e. The summed E-state index contributed by atoms with van der Waals surface area (Å²) in [6.07, 6.45) is 12.8. The monoisotopic (exact) mass is 611 g/mol. The summed E-state index contributed by atoms with van der Waals surface area (Å²) in [6, 6.07) is 7.77. The van der Waals surface area contributed by atoms with Crippen LogP contribution in [0.4, 0.5) is 17.6 Å². The van der Waals surface area contributed by atoms with Gasteiger partial charge in [-0.2, -0.15) is 4.99 Å². The average molecular weight is 612 g/mol. The van der Waals surface area contributed by atoms with Gasteiger partial charge in [0.1, 0.15) is 5.84 Å². The van der Waals surface area contributed by atoms with Crippen molar-refractivity contribution in [2.24, 2.45) is 10.7 Å². The Hall–Kier alpha value is -5.04. The molecule has 1 saturated heterocycles. The third kappa shape index (κ3) is 8.32. The topological polar surface area (TPSA) is 182 Å². The molecule has 0 radical (unpaired) electrons. The van der Waals surface area contributed by atoms with Gasteiger partial charge in [-0.25, -0.2) is 15.0 Å². The molecule has 2 aliphatic rings. The summed E-state index contributed by atoms with van der Waals surface area (Å²) in [4.78, 5) is 48.8. The van der Waals surface area contributed by atoms with Gasteiger partial charge in [0.2, 0.25) is 11.9 Å². The Balaban J connectivity index is 0.000000277. The zero-order valence-corrected chi connectivity index (χ0v) is 26.0. The maximum atomic E-state index is 12.6. The van der Waals surface area contributed by atoms with E-state index in [1.54, 1.807) is 12.3 Å². The molecule has 3 aromatic heterocycles. The highest BCUT2D eigenvalue weighted by molar-refractivity contribution is 6.06. The van der Waals surface area contributed by atoms with Crippen molar-refractivity contribution in [3.63, 3.8) is 0 Å². The standard InChI is InChI=1S/C24H30N8O.C8H11N3O/c1-15-12-28-24(30-20(25)11-16(2)26-3)31-22(15)18-13-27-23-17(18)7-6-8-19(23)29-21(33)14-32-9-4-5-10-32;12-7-4-5-9-8(11-7)10-6-2-1-3-6/h6-8,11-13,26-27H,4-5,9-10,14H2,1-3H3,(H,29,33)(H2,25,28,30,31);4-6H,1-3H2,(H2,9,10,11,12)/b16-11-;. The predicted octanol–water partition coefficient (Wildman–Crippen LogP) is 3.81. The fourth-order valence-corrected chi connectivity index (χ4v) is 5.18. The molecule has 7 N–H and O–H groups in total. The molecule has 6 rings (SSSR count). The van der Waals surface area contributed by atoms with Gasteiger partial charge in [0, 0.05) is 54.4 Å². The fourth-order valence-electron chi connectivity index (χ4n) is 5.18. The largest absolute Gasteiger partial charge is 0.392 e. The Kier molecular flexibility index (Phi) is 10.2. The number of para-hydroxylation sites is 1. The van der Waals surface area contributed by atoms with E-state index in [2.05, 4.69) is 50.8 Å². The maximum absolute atomic E-state index is 12.6. The number of hydrogen-bond donors (Lipinski definition) is 6. The van der Waals surface area contributed by atoms with E-state index in [0.717, 1.165) is 65.0 Å². The van der Waals surface area contributed by atoms with Crippen molar-refractivity contribution >= 4 is 40.2 Å². The van der Waals surface area contributed by atoms with Crippen LogP contribution in [0.1, 0.15) is 44.6 Å². The number of amides is 1. The lowest BCUT2D eigenvalue weighted by Crippen LogP contribution is -2.30. The van der Waals surface area contributed by atoms with E-state index >= 15 is 0 Å². The Labute approximate surface area is 261 Å². The molecular formula is C32H41N11O2. The van der Waals surface area contributed by atoms with Crippen LogP contribution in [0.25, 0.3) is 22.2 Å². The number of aryl methyl sites for hydroxylation is 1. The van der Waals surface area contributed by atoms with E-state index in [9.17, 15) is 9.59 Å². The van der Waals surface area contributed by atoms with Crippen LogP contribution >= 0.6 is 0 Å². The molecular weight excluding hydrogens is 570 g/mol. The van der Waals surface area contributed by atoms with Gasteiger partial charge in [-0.1, -0.05) is 12.1 Å². The molecule has 45 heavy (non-hydrogen) atoms. The van der Waals surface area contributed by atoms with Gasteiger partial charge in [0.25, 0.3) is 11.5 Å². The van der Waals surface area contributed by atoms with E-state index in [4.69, 9.17) is 5.73 Å². The summed E-state index contributed by atoms with van der Waals surface area (Å²) in [5.74, 6) is 1.19. The summed E-state index contributed by atoms with van der Waals surface area (Å²) >= 11 is 0. The molecule has 0 atom stereocenters. The fraction of sp³-hybridized carbons (Fsp3) is 0.375. The summed E-state index contributed by atoms with van der Waals surface area (Å²) in [5.41, 5.74) is 11.0. The first kappa shape index (κ1) is 31.4. The molecule has 1 aliphatic carbocycles. The first-order valence-electron chi connectivity index (χ1n) is 15.3.